The maximum Gasteiger partial charge on any atom is 0.338 e. The van der Waals surface area contributed by atoms with Crippen LogP contribution >= 0.6 is 0 Å². The van der Waals surface area contributed by atoms with Crippen LogP contribution in [-0.4, -0.2) is 5.97 Å². The number of esters is 1. The van der Waals surface area contributed by atoms with Crippen molar-refractivity contribution >= 4 is 5.97 Å². The first kappa shape index (κ1) is 12.8. The molecule has 3 heteroatoms. The molecule has 0 aliphatic rings. The van der Waals surface area contributed by atoms with Gasteiger partial charge in [-0.1, -0.05) is 36.4 Å². The second-order valence-corrected chi connectivity index (χ2v) is 4.15. The second-order valence-electron chi connectivity index (χ2n) is 4.15. The van der Waals surface area contributed by atoms with E-state index in [1.165, 1.54) is 0 Å². The molecule has 0 bridgehead atoms. The molecule has 0 aliphatic heterocycles. The summed E-state index contributed by atoms with van der Waals surface area (Å²) < 4.78 is 5.25. The van der Waals surface area contributed by atoms with Crippen molar-refractivity contribution in [3.8, 4) is 6.07 Å². The van der Waals surface area contributed by atoms with Crippen molar-refractivity contribution in [2.24, 2.45) is 0 Å². The van der Waals surface area contributed by atoms with Gasteiger partial charge >= 0.3 is 5.97 Å². The molecule has 0 spiro atoms. The quantitative estimate of drug-likeness (QED) is 0.787. The minimum Gasteiger partial charge on any atom is -0.457 e. The van der Waals surface area contributed by atoms with E-state index in [0.29, 0.717) is 16.7 Å². The number of ether oxygens (including phenoxy) is 1. The monoisotopic (exact) mass is 251 g/mol. The summed E-state index contributed by atoms with van der Waals surface area (Å²) in [5.74, 6) is -0.404. The molecule has 0 saturated carbocycles. The fourth-order valence-corrected chi connectivity index (χ4v) is 1.78. The van der Waals surface area contributed by atoms with Crippen molar-refractivity contribution in [3.05, 3.63) is 70.8 Å². The number of hydrogen-bond acceptors (Lipinski definition) is 3. The Bertz CT molecular complexity index is 627. The average Bonchev–Trinajstić information content (AvgIpc) is 2.46. The number of nitriles is 1. The third-order valence-corrected chi connectivity index (χ3v) is 2.89. The van der Waals surface area contributed by atoms with Crippen LogP contribution in [0.5, 0.6) is 0 Å². The molecule has 0 amide bonds. The maximum atomic E-state index is 12.0. The van der Waals surface area contributed by atoms with Crippen LogP contribution in [0.3, 0.4) is 0 Å². The van der Waals surface area contributed by atoms with Gasteiger partial charge in [0.2, 0.25) is 0 Å². The van der Waals surface area contributed by atoms with Gasteiger partial charge < -0.3 is 4.74 Å². The Kier molecular flexibility index (Phi) is 3.94. The predicted molar refractivity (Wildman–Crippen MR) is 71.5 cm³/mol. The Balaban J connectivity index is 2.11. The molecule has 0 saturated heterocycles. The summed E-state index contributed by atoms with van der Waals surface area (Å²) in [6, 6.07) is 16.6. The third kappa shape index (κ3) is 2.99. The van der Waals surface area contributed by atoms with Crippen molar-refractivity contribution in [2.75, 3.05) is 0 Å². The number of carbonyl (C=O) groups is 1. The lowest BCUT2D eigenvalue weighted by Gasteiger charge is -2.08. The summed E-state index contributed by atoms with van der Waals surface area (Å²) in [5.41, 5.74) is 2.53. The van der Waals surface area contributed by atoms with Crippen LogP contribution in [0.15, 0.2) is 48.5 Å². The molecule has 0 aromatic heterocycles. The highest BCUT2D eigenvalue weighted by Gasteiger charge is 2.12. The molecular weight excluding hydrogens is 238 g/mol. The van der Waals surface area contributed by atoms with Gasteiger partial charge in [0.25, 0.3) is 0 Å². The van der Waals surface area contributed by atoms with Crippen LogP contribution in [0.1, 0.15) is 27.0 Å². The molecule has 0 N–H and O–H groups in total. The van der Waals surface area contributed by atoms with Crippen molar-refractivity contribution < 1.29 is 9.53 Å². The third-order valence-electron chi connectivity index (χ3n) is 2.89. The maximum absolute atomic E-state index is 12.0. The van der Waals surface area contributed by atoms with Gasteiger partial charge in [0, 0.05) is 0 Å². The molecule has 2 aromatic carbocycles. The van der Waals surface area contributed by atoms with Crippen molar-refractivity contribution in [2.45, 2.75) is 13.5 Å². The van der Waals surface area contributed by atoms with E-state index < -0.39 is 5.97 Å². The first-order valence-corrected chi connectivity index (χ1v) is 5.93. The van der Waals surface area contributed by atoms with E-state index in [1.807, 2.05) is 30.3 Å². The molecular formula is C16H13NO2. The van der Waals surface area contributed by atoms with Gasteiger partial charge in [0.15, 0.2) is 0 Å². The SMILES string of the molecule is Cc1c(C#N)cccc1C(=O)OCc1ccccc1. The molecule has 3 nitrogen and oxygen atoms in total. The van der Waals surface area contributed by atoms with Gasteiger partial charge in [-0.05, 0) is 30.2 Å². The average molecular weight is 251 g/mol. The summed E-state index contributed by atoms with van der Waals surface area (Å²) in [7, 11) is 0. The minimum atomic E-state index is -0.404. The van der Waals surface area contributed by atoms with Gasteiger partial charge in [-0.3, -0.25) is 0 Å². The van der Waals surface area contributed by atoms with Crippen molar-refractivity contribution in [1.82, 2.24) is 0 Å². The molecule has 0 heterocycles. The summed E-state index contributed by atoms with van der Waals surface area (Å²) in [5, 5.41) is 8.93. The fourth-order valence-electron chi connectivity index (χ4n) is 1.78. The molecule has 2 aromatic rings. The van der Waals surface area contributed by atoms with E-state index in [1.54, 1.807) is 25.1 Å². The zero-order valence-corrected chi connectivity index (χ0v) is 10.6. The lowest BCUT2D eigenvalue weighted by Crippen LogP contribution is -2.08. The number of benzene rings is 2. The predicted octanol–water partition coefficient (Wildman–Crippen LogP) is 3.22. The standard InChI is InChI=1S/C16H13NO2/c1-12-14(10-17)8-5-9-15(12)16(18)19-11-13-6-3-2-4-7-13/h2-9H,11H2,1H3. The van der Waals surface area contributed by atoms with Crippen molar-refractivity contribution in [1.29, 1.82) is 5.26 Å². The zero-order valence-electron chi connectivity index (χ0n) is 10.6. The first-order chi connectivity index (χ1) is 9.22. The van der Waals surface area contributed by atoms with Crippen LogP contribution in [0.2, 0.25) is 0 Å². The Morgan fingerprint density at radius 3 is 2.58 bits per heavy atom. The van der Waals surface area contributed by atoms with Crippen LogP contribution in [0.4, 0.5) is 0 Å². The number of nitrogens with zero attached hydrogens (tertiary/aromatic N) is 1. The lowest BCUT2D eigenvalue weighted by atomic mass is 10.0. The topological polar surface area (TPSA) is 50.1 Å². The second kappa shape index (κ2) is 5.83. The van der Waals surface area contributed by atoms with Gasteiger partial charge in [-0.25, -0.2) is 4.79 Å². The number of carbonyl (C=O) groups excluding carboxylic acids is 1. The van der Waals surface area contributed by atoms with E-state index in [4.69, 9.17) is 10.00 Å². The molecule has 19 heavy (non-hydrogen) atoms. The summed E-state index contributed by atoms with van der Waals surface area (Å²) in [6.45, 7) is 1.98. The van der Waals surface area contributed by atoms with E-state index in [2.05, 4.69) is 6.07 Å². The Labute approximate surface area is 112 Å². The number of hydrogen-bond donors (Lipinski definition) is 0. The highest BCUT2D eigenvalue weighted by atomic mass is 16.5. The Morgan fingerprint density at radius 1 is 1.16 bits per heavy atom. The van der Waals surface area contributed by atoms with Gasteiger partial charge in [-0.15, -0.1) is 0 Å². The van der Waals surface area contributed by atoms with Crippen LogP contribution in [0, 0.1) is 18.3 Å². The Hall–Kier alpha value is -2.60. The largest absolute Gasteiger partial charge is 0.457 e. The highest BCUT2D eigenvalue weighted by Crippen LogP contribution is 2.14. The molecule has 0 atom stereocenters. The van der Waals surface area contributed by atoms with E-state index >= 15 is 0 Å². The summed E-state index contributed by atoms with van der Waals surface area (Å²) >= 11 is 0. The van der Waals surface area contributed by atoms with Crippen LogP contribution in [-0.2, 0) is 11.3 Å². The van der Waals surface area contributed by atoms with E-state index in [-0.39, 0.29) is 6.61 Å². The van der Waals surface area contributed by atoms with Gasteiger partial charge in [0.1, 0.15) is 6.61 Å². The van der Waals surface area contributed by atoms with Gasteiger partial charge in [0.05, 0.1) is 17.2 Å². The zero-order chi connectivity index (χ0) is 13.7. The highest BCUT2D eigenvalue weighted by molar-refractivity contribution is 5.91. The minimum absolute atomic E-state index is 0.232. The lowest BCUT2D eigenvalue weighted by molar-refractivity contribution is 0.0472. The van der Waals surface area contributed by atoms with E-state index in [0.717, 1.165) is 5.56 Å². The number of rotatable bonds is 3. The first-order valence-electron chi connectivity index (χ1n) is 5.93. The molecule has 0 aliphatic carbocycles. The fraction of sp³-hybridized carbons (Fsp3) is 0.125. The molecule has 2 rings (SSSR count). The molecule has 94 valence electrons. The smallest absolute Gasteiger partial charge is 0.338 e. The van der Waals surface area contributed by atoms with Crippen LogP contribution in [0.25, 0.3) is 0 Å². The molecule has 0 unspecified atom stereocenters. The molecule has 0 radical (unpaired) electrons. The van der Waals surface area contributed by atoms with Crippen molar-refractivity contribution in [3.63, 3.8) is 0 Å². The Morgan fingerprint density at radius 2 is 1.89 bits per heavy atom. The van der Waals surface area contributed by atoms with E-state index in [9.17, 15) is 4.79 Å². The summed E-state index contributed by atoms with van der Waals surface area (Å²) in [6.07, 6.45) is 0. The molecule has 0 fully saturated rings. The summed E-state index contributed by atoms with van der Waals surface area (Å²) in [4.78, 5) is 12.0. The normalized spacial score (nSPS) is 9.68. The van der Waals surface area contributed by atoms with Gasteiger partial charge in [-0.2, -0.15) is 5.26 Å². The van der Waals surface area contributed by atoms with Crippen LogP contribution < -0.4 is 0 Å².